The highest BCUT2D eigenvalue weighted by Crippen LogP contribution is 2.45. The van der Waals surface area contributed by atoms with Crippen molar-refractivity contribution >= 4 is 18.7 Å². The van der Waals surface area contributed by atoms with Crippen molar-refractivity contribution in [2.75, 3.05) is 6.61 Å². The van der Waals surface area contributed by atoms with E-state index in [9.17, 15) is 5.11 Å². The van der Waals surface area contributed by atoms with Crippen LogP contribution in [0.25, 0.3) is 0 Å². The van der Waals surface area contributed by atoms with Crippen LogP contribution in [0.2, 0.25) is 5.04 Å². The first-order chi connectivity index (χ1) is 16.1. The molecule has 0 amide bonds. The summed E-state index contributed by atoms with van der Waals surface area (Å²) in [4.78, 5) is 0. The zero-order valence-electron chi connectivity index (χ0n) is 20.7. The van der Waals surface area contributed by atoms with E-state index < -0.39 is 25.6 Å². The minimum absolute atomic E-state index is 0.220. The van der Waals surface area contributed by atoms with Gasteiger partial charge in [0, 0.05) is 11.0 Å². The van der Waals surface area contributed by atoms with E-state index in [0.29, 0.717) is 6.61 Å². The third kappa shape index (κ3) is 4.49. The lowest BCUT2D eigenvalue weighted by Gasteiger charge is -2.47. The number of aliphatic hydroxyl groups is 1. The molecule has 0 aliphatic carbocycles. The maximum atomic E-state index is 11.8. The molecule has 4 rings (SSSR count). The molecule has 1 saturated heterocycles. The molecule has 3 nitrogen and oxygen atoms in total. The molecule has 0 bridgehead atoms. The van der Waals surface area contributed by atoms with Crippen molar-refractivity contribution in [2.45, 2.75) is 51.5 Å². The second-order valence-corrected chi connectivity index (χ2v) is 15.0. The molecule has 3 aromatic rings. The quantitative estimate of drug-likeness (QED) is 0.443. The molecule has 1 unspecified atom stereocenters. The number of ether oxygens (including phenoxy) is 1. The van der Waals surface area contributed by atoms with Crippen LogP contribution in [0.5, 0.6) is 0 Å². The van der Waals surface area contributed by atoms with Crippen molar-refractivity contribution in [3.63, 3.8) is 0 Å². The highest BCUT2D eigenvalue weighted by molar-refractivity contribution is 6.99. The van der Waals surface area contributed by atoms with Gasteiger partial charge in [-0.05, 0) is 33.5 Å². The van der Waals surface area contributed by atoms with E-state index in [1.807, 2.05) is 42.5 Å². The molecular formula is C30H34O3Si. The van der Waals surface area contributed by atoms with Gasteiger partial charge in [-0.15, -0.1) is 0 Å². The third-order valence-electron chi connectivity index (χ3n) is 6.60. The van der Waals surface area contributed by atoms with Gasteiger partial charge in [0.2, 0.25) is 0 Å². The molecule has 34 heavy (non-hydrogen) atoms. The third-order valence-corrected chi connectivity index (χ3v) is 11.6. The Hall–Kier alpha value is -2.68. The fourth-order valence-electron chi connectivity index (χ4n) is 4.87. The molecule has 0 aromatic heterocycles. The van der Waals surface area contributed by atoms with Crippen LogP contribution in [-0.2, 0) is 9.16 Å². The number of hydrogen-bond acceptors (Lipinski definition) is 3. The van der Waals surface area contributed by atoms with Crippen LogP contribution in [0, 0.1) is 17.3 Å². The summed E-state index contributed by atoms with van der Waals surface area (Å²) < 4.78 is 13.3. The Morgan fingerprint density at radius 1 is 0.853 bits per heavy atom. The molecule has 0 saturated carbocycles. The van der Waals surface area contributed by atoms with Gasteiger partial charge in [0.25, 0.3) is 14.1 Å². The first-order valence-electron chi connectivity index (χ1n) is 11.8. The maximum Gasteiger partial charge on any atom is 0.261 e. The van der Waals surface area contributed by atoms with Crippen molar-refractivity contribution < 1.29 is 14.3 Å². The molecule has 1 heterocycles. The SMILES string of the molecule is CC1(C)COC(O)(C#Cc2ccccc2)[C@@H]1O[Si](c1ccccc1)(c1ccccc1)C(C)(C)C. The van der Waals surface area contributed by atoms with Crippen molar-refractivity contribution in [1.29, 1.82) is 0 Å². The van der Waals surface area contributed by atoms with Gasteiger partial charge >= 0.3 is 0 Å². The Labute approximate surface area is 204 Å². The molecule has 1 fully saturated rings. The van der Waals surface area contributed by atoms with E-state index in [4.69, 9.17) is 9.16 Å². The molecule has 176 valence electrons. The molecule has 0 radical (unpaired) electrons. The van der Waals surface area contributed by atoms with Crippen LogP contribution in [-0.4, -0.2) is 31.9 Å². The number of benzene rings is 3. The normalized spacial score (nSPS) is 22.1. The fraction of sp³-hybridized carbons (Fsp3) is 0.333. The van der Waals surface area contributed by atoms with Crippen LogP contribution in [0.4, 0.5) is 0 Å². The van der Waals surface area contributed by atoms with E-state index in [1.54, 1.807) is 0 Å². The average molecular weight is 471 g/mol. The van der Waals surface area contributed by atoms with Gasteiger partial charge in [-0.2, -0.15) is 0 Å². The molecule has 1 aliphatic rings. The van der Waals surface area contributed by atoms with Gasteiger partial charge in [-0.3, -0.25) is 0 Å². The summed E-state index contributed by atoms with van der Waals surface area (Å²) in [5, 5.41) is 13.9. The Morgan fingerprint density at radius 3 is 1.79 bits per heavy atom. The minimum atomic E-state index is -2.91. The van der Waals surface area contributed by atoms with Crippen LogP contribution >= 0.6 is 0 Å². The number of rotatable bonds is 4. The molecule has 1 N–H and O–H groups in total. The fourth-order valence-corrected chi connectivity index (χ4v) is 9.72. The molecule has 0 spiro atoms. The highest BCUT2D eigenvalue weighted by Gasteiger charge is 2.60. The average Bonchev–Trinajstić information content (AvgIpc) is 3.06. The van der Waals surface area contributed by atoms with E-state index in [-0.39, 0.29) is 5.04 Å². The summed E-state index contributed by atoms with van der Waals surface area (Å²) in [5.74, 6) is 4.43. The molecule has 3 aromatic carbocycles. The van der Waals surface area contributed by atoms with Crippen LogP contribution in [0.15, 0.2) is 91.0 Å². The van der Waals surface area contributed by atoms with Gasteiger partial charge in [-0.25, -0.2) is 0 Å². The Morgan fingerprint density at radius 2 is 1.32 bits per heavy atom. The van der Waals surface area contributed by atoms with Crippen molar-refractivity contribution in [1.82, 2.24) is 0 Å². The standard InChI is InChI=1S/C30H34O3Si/c1-28(2,3)34(25-17-11-7-12-18-25,26-19-13-8-14-20-26)33-27-29(4,5)23-32-30(27,31)22-21-24-15-9-6-10-16-24/h6-20,27,31H,23H2,1-5H3/t27-,30?/m1/s1. The van der Waals surface area contributed by atoms with Crippen LogP contribution in [0.1, 0.15) is 40.2 Å². The summed E-state index contributed by atoms with van der Waals surface area (Å²) >= 11 is 0. The Bertz CT molecular complexity index is 1120. The zero-order chi connectivity index (χ0) is 24.5. The smallest absolute Gasteiger partial charge is 0.261 e. The van der Waals surface area contributed by atoms with Crippen molar-refractivity contribution in [3.05, 3.63) is 96.6 Å². The lowest BCUT2D eigenvalue weighted by Crippen LogP contribution is -2.70. The van der Waals surface area contributed by atoms with Gasteiger partial charge in [0.15, 0.2) is 0 Å². The van der Waals surface area contributed by atoms with Gasteiger partial charge in [0.1, 0.15) is 6.10 Å². The summed E-state index contributed by atoms with van der Waals surface area (Å²) in [7, 11) is -2.91. The van der Waals surface area contributed by atoms with E-state index in [1.165, 1.54) is 0 Å². The largest absolute Gasteiger partial charge is 0.397 e. The Balaban J connectivity index is 1.88. The summed E-state index contributed by atoms with van der Waals surface area (Å²) in [6.45, 7) is 11.2. The van der Waals surface area contributed by atoms with E-state index in [2.05, 4.69) is 95.0 Å². The molecule has 2 atom stereocenters. The first kappa shape index (κ1) is 24.4. The Kier molecular flexibility index (Phi) is 6.59. The van der Waals surface area contributed by atoms with Crippen LogP contribution < -0.4 is 10.4 Å². The number of hydrogen-bond donors (Lipinski definition) is 1. The van der Waals surface area contributed by atoms with Crippen molar-refractivity contribution in [2.24, 2.45) is 5.41 Å². The highest BCUT2D eigenvalue weighted by atomic mass is 28.4. The lowest BCUT2D eigenvalue weighted by molar-refractivity contribution is -0.166. The van der Waals surface area contributed by atoms with Gasteiger partial charge in [0.05, 0.1) is 6.61 Å². The monoisotopic (exact) mass is 470 g/mol. The summed E-state index contributed by atoms with van der Waals surface area (Å²) in [6.07, 6.45) is -0.637. The van der Waals surface area contributed by atoms with Gasteiger partial charge in [-0.1, -0.05) is 119 Å². The molecule has 1 aliphatic heterocycles. The van der Waals surface area contributed by atoms with E-state index >= 15 is 0 Å². The predicted molar refractivity (Wildman–Crippen MR) is 140 cm³/mol. The lowest BCUT2D eigenvalue weighted by atomic mass is 9.86. The zero-order valence-corrected chi connectivity index (χ0v) is 21.7. The maximum absolute atomic E-state index is 11.8. The van der Waals surface area contributed by atoms with Gasteiger partial charge < -0.3 is 14.3 Å². The first-order valence-corrected chi connectivity index (χ1v) is 13.7. The second kappa shape index (κ2) is 9.17. The van der Waals surface area contributed by atoms with E-state index in [0.717, 1.165) is 15.9 Å². The second-order valence-electron chi connectivity index (χ2n) is 10.8. The summed E-state index contributed by atoms with van der Waals surface area (Å²) in [6, 6.07) is 30.6. The van der Waals surface area contributed by atoms with Crippen molar-refractivity contribution in [3.8, 4) is 11.8 Å². The minimum Gasteiger partial charge on any atom is -0.397 e. The van der Waals surface area contributed by atoms with Crippen LogP contribution in [0.3, 0.4) is 0 Å². The summed E-state index contributed by atoms with van der Waals surface area (Å²) in [5.41, 5.74) is 0.390. The molecular weight excluding hydrogens is 436 g/mol. The predicted octanol–water partition coefficient (Wildman–Crippen LogP) is 4.73. The topological polar surface area (TPSA) is 38.7 Å². The molecule has 4 heteroatoms.